The number of rotatable bonds is 4. The summed E-state index contributed by atoms with van der Waals surface area (Å²) in [6.07, 6.45) is 0. The second kappa shape index (κ2) is 5.12. The molecular formula is C14H17NO3. The molecule has 4 nitrogen and oxygen atoms in total. The van der Waals surface area contributed by atoms with E-state index in [1.807, 2.05) is 42.7 Å². The molecule has 0 spiro atoms. The summed E-state index contributed by atoms with van der Waals surface area (Å²) in [6.45, 7) is 4.81. The van der Waals surface area contributed by atoms with E-state index in [9.17, 15) is 4.79 Å². The number of aryl methyl sites for hydroxylation is 1. The second-order valence-electron chi connectivity index (χ2n) is 4.10. The van der Waals surface area contributed by atoms with E-state index in [1.54, 1.807) is 0 Å². The smallest absolute Gasteiger partial charge is 0.325 e. The molecule has 0 aliphatic carbocycles. The lowest BCUT2D eigenvalue weighted by Gasteiger charge is -2.07. The molecule has 0 fully saturated rings. The van der Waals surface area contributed by atoms with Crippen molar-refractivity contribution in [3.63, 3.8) is 0 Å². The molecule has 0 saturated heterocycles. The molecule has 96 valence electrons. The zero-order valence-corrected chi connectivity index (χ0v) is 10.9. The Morgan fingerprint density at radius 3 is 2.78 bits per heavy atom. The normalized spacial score (nSPS) is 10.6. The van der Waals surface area contributed by atoms with Gasteiger partial charge in [-0.1, -0.05) is 0 Å². The molecule has 1 aromatic heterocycles. The van der Waals surface area contributed by atoms with Crippen LogP contribution in [0.3, 0.4) is 0 Å². The zero-order chi connectivity index (χ0) is 13.1. The Bertz CT molecular complexity index is 572. The molecule has 0 amide bonds. The van der Waals surface area contributed by atoms with Gasteiger partial charge in [0, 0.05) is 16.6 Å². The number of esters is 1. The van der Waals surface area contributed by atoms with Crippen molar-refractivity contribution >= 4 is 16.9 Å². The van der Waals surface area contributed by atoms with Gasteiger partial charge in [-0.15, -0.1) is 0 Å². The first-order valence-electron chi connectivity index (χ1n) is 5.95. The summed E-state index contributed by atoms with van der Waals surface area (Å²) in [5.41, 5.74) is 2.05. The number of hydrogen-bond donors (Lipinski definition) is 0. The summed E-state index contributed by atoms with van der Waals surface area (Å²) in [6, 6.07) is 7.91. The van der Waals surface area contributed by atoms with E-state index in [0.717, 1.165) is 22.3 Å². The molecule has 0 radical (unpaired) electrons. The first-order valence-corrected chi connectivity index (χ1v) is 5.95. The fourth-order valence-corrected chi connectivity index (χ4v) is 2.05. The van der Waals surface area contributed by atoms with Crippen LogP contribution in [0.5, 0.6) is 5.75 Å². The monoisotopic (exact) mass is 247 g/mol. The fraction of sp³-hybridized carbons (Fsp3) is 0.357. The highest BCUT2D eigenvalue weighted by Crippen LogP contribution is 2.24. The maximum atomic E-state index is 11.4. The maximum absolute atomic E-state index is 11.4. The number of hydrogen-bond acceptors (Lipinski definition) is 3. The van der Waals surface area contributed by atoms with E-state index in [-0.39, 0.29) is 12.5 Å². The molecule has 4 heteroatoms. The van der Waals surface area contributed by atoms with E-state index >= 15 is 0 Å². The van der Waals surface area contributed by atoms with Crippen molar-refractivity contribution < 1.29 is 14.3 Å². The zero-order valence-electron chi connectivity index (χ0n) is 10.9. The third-order valence-electron chi connectivity index (χ3n) is 2.91. The highest BCUT2D eigenvalue weighted by molar-refractivity contribution is 5.84. The van der Waals surface area contributed by atoms with E-state index in [0.29, 0.717) is 6.61 Å². The van der Waals surface area contributed by atoms with E-state index in [1.165, 1.54) is 7.11 Å². The van der Waals surface area contributed by atoms with Crippen LogP contribution < -0.4 is 4.74 Å². The van der Waals surface area contributed by atoms with Crippen molar-refractivity contribution in [2.24, 2.45) is 0 Å². The lowest BCUT2D eigenvalue weighted by atomic mass is 10.2. The minimum atomic E-state index is -0.246. The Morgan fingerprint density at radius 2 is 2.11 bits per heavy atom. The molecule has 0 N–H and O–H groups in total. The third kappa shape index (κ3) is 2.32. The van der Waals surface area contributed by atoms with Crippen LogP contribution in [0.25, 0.3) is 10.9 Å². The van der Waals surface area contributed by atoms with Gasteiger partial charge in [0.1, 0.15) is 12.3 Å². The van der Waals surface area contributed by atoms with Crippen LogP contribution in [0.15, 0.2) is 24.3 Å². The molecule has 1 heterocycles. The Morgan fingerprint density at radius 1 is 1.33 bits per heavy atom. The molecule has 0 saturated carbocycles. The first kappa shape index (κ1) is 12.5. The Hall–Kier alpha value is -1.97. The SMILES string of the molecule is CCOc1ccc2c(c1)cc(C)n2CC(=O)OC. The van der Waals surface area contributed by atoms with Crippen molar-refractivity contribution in [3.8, 4) is 5.75 Å². The number of carbonyl (C=O) groups excluding carboxylic acids is 1. The number of nitrogens with zero attached hydrogens (tertiary/aromatic N) is 1. The lowest BCUT2D eigenvalue weighted by Crippen LogP contribution is -2.12. The summed E-state index contributed by atoms with van der Waals surface area (Å²) < 4.78 is 12.1. The minimum Gasteiger partial charge on any atom is -0.494 e. The largest absolute Gasteiger partial charge is 0.494 e. The van der Waals surface area contributed by atoms with Crippen LogP contribution in [0.4, 0.5) is 0 Å². The van der Waals surface area contributed by atoms with E-state index in [4.69, 9.17) is 9.47 Å². The Labute approximate surface area is 106 Å². The van der Waals surface area contributed by atoms with Gasteiger partial charge < -0.3 is 14.0 Å². The topological polar surface area (TPSA) is 40.5 Å². The van der Waals surface area contributed by atoms with Gasteiger partial charge >= 0.3 is 5.97 Å². The number of aromatic nitrogens is 1. The molecular weight excluding hydrogens is 230 g/mol. The third-order valence-corrected chi connectivity index (χ3v) is 2.91. The lowest BCUT2D eigenvalue weighted by molar-refractivity contribution is -0.141. The molecule has 0 unspecified atom stereocenters. The Kier molecular flexibility index (Phi) is 3.55. The van der Waals surface area contributed by atoms with Gasteiger partial charge in [-0.2, -0.15) is 0 Å². The molecule has 0 atom stereocenters. The predicted molar refractivity (Wildman–Crippen MR) is 69.9 cm³/mol. The van der Waals surface area contributed by atoms with Crippen molar-refractivity contribution in [2.75, 3.05) is 13.7 Å². The first-order chi connectivity index (χ1) is 8.65. The molecule has 0 bridgehead atoms. The average molecular weight is 247 g/mol. The molecule has 2 rings (SSSR count). The van der Waals surface area contributed by atoms with Crippen molar-refractivity contribution in [1.82, 2.24) is 4.57 Å². The van der Waals surface area contributed by atoms with E-state index in [2.05, 4.69) is 0 Å². The molecule has 1 aromatic carbocycles. The van der Waals surface area contributed by atoms with Crippen LogP contribution >= 0.6 is 0 Å². The van der Waals surface area contributed by atoms with Crippen LogP contribution in [0.2, 0.25) is 0 Å². The maximum Gasteiger partial charge on any atom is 0.325 e. The van der Waals surface area contributed by atoms with Gasteiger partial charge in [0.25, 0.3) is 0 Å². The predicted octanol–water partition coefficient (Wildman–Crippen LogP) is 2.52. The summed E-state index contributed by atoms with van der Waals surface area (Å²) in [4.78, 5) is 11.4. The highest BCUT2D eigenvalue weighted by atomic mass is 16.5. The fourth-order valence-electron chi connectivity index (χ4n) is 2.05. The Balaban J connectivity index is 2.42. The summed E-state index contributed by atoms with van der Waals surface area (Å²) in [7, 11) is 1.40. The van der Waals surface area contributed by atoms with Gasteiger partial charge in [0.05, 0.1) is 13.7 Å². The number of fused-ring (bicyclic) bond motifs is 1. The van der Waals surface area contributed by atoms with Crippen molar-refractivity contribution in [2.45, 2.75) is 20.4 Å². The molecule has 2 aromatic rings. The molecule has 18 heavy (non-hydrogen) atoms. The number of carbonyl (C=O) groups is 1. The van der Waals surface area contributed by atoms with Crippen LogP contribution in [-0.4, -0.2) is 24.3 Å². The number of benzene rings is 1. The van der Waals surface area contributed by atoms with E-state index < -0.39 is 0 Å². The molecule has 0 aliphatic heterocycles. The second-order valence-corrected chi connectivity index (χ2v) is 4.10. The van der Waals surface area contributed by atoms with Crippen molar-refractivity contribution in [3.05, 3.63) is 30.0 Å². The standard InChI is InChI=1S/C14H17NO3/c1-4-18-12-5-6-13-11(8-12)7-10(2)15(13)9-14(16)17-3/h5-8H,4,9H2,1-3H3. The van der Waals surface area contributed by atoms with Gasteiger partial charge in [-0.3, -0.25) is 4.79 Å². The van der Waals surface area contributed by atoms with Gasteiger partial charge in [-0.05, 0) is 38.1 Å². The van der Waals surface area contributed by atoms with Gasteiger partial charge in [-0.25, -0.2) is 0 Å². The van der Waals surface area contributed by atoms with Crippen LogP contribution in [0, 0.1) is 6.92 Å². The number of ether oxygens (including phenoxy) is 2. The van der Waals surface area contributed by atoms with Gasteiger partial charge in [0.2, 0.25) is 0 Å². The van der Waals surface area contributed by atoms with Crippen molar-refractivity contribution in [1.29, 1.82) is 0 Å². The summed E-state index contributed by atoms with van der Waals surface area (Å²) in [5.74, 6) is 0.602. The molecule has 0 aliphatic rings. The average Bonchev–Trinajstić information content (AvgIpc) is 2.65. The summed E-state index contributed by atoms with van der Waals surface area (Å²) >= 11 is 0. The number of methoxy groups -OCH3 is 1. The highest BCUT2D eigenvalue weighted by Gasteiger charge is 2.10. The van der Waals surface area contributed by atoms with Crippen LogP contribution in [-0.2, 0) is 16.1 Å². The van der Waals surface area contributed by atoms with Gasteiger partial charge in [0.15, 0.2) is 0 Å². The quantitative estimate of drug-likeness (QED) is 0.779. The minimum absolute atomic E-state index is 0.236. The summed E-state index contributed by atoms with van der Waals surface area (Å²) in [5, 5.41) is 1.07. The van der Waals surface area contributed by atoms with Crippen LogP contribution in [0.1, 0.15) is 12.6 Å².